The molecule has 19 heavy (non-hydrogen) atoms. The van der Waals surface area contributed by atoms with Crippen molar-refractivity contribution < 1.29 is 13.5 Å². The molecule has 102 valence electrons. The van der Waals surface area contributed by atoms with Crippen molar-refractivity contribution in [3.8, 4) is 5.75 Å². The zero-order chi connectivity index (χ0) is 13.8. The first-order chi connectivity index (χ1) is 9.10. The highest BCUT2D eigenvalue weighted by Crippen LogP contribution is 2.34. The molecule has 0 radical (unpaired) electrons. The Morgan fingerprint density at radius 2 is 1.84 bits per heavy atom. The van der Waals surface area contributed by atoms with Crippen LogP contribution < -0.4 is 4.74 Å². The molecular weight excluding hydrogens is 290 g/mol. The van der Waals surface area contributed by atoms with Gasteiger partial charge in [-0.05, 0) is 36.2 Å². The maximum absolute atomic E-state index is 12.0. The summed E-state index contributed by atoms with van der Waals surface area (Å²) in [4.78, 5) is 2.33. The van der Waals surface area contributed by atoms with Gasteiger partial charge < -0.3 is 4.74 Å². The molecule has 1 aromatic carbocycles. The van der Waals surface area contributed by atoms with Crippen LogP contribution in [0.2, 0.25) is 0 Å². The predicted molar refractivity (Wildman–Crippen MR) is 74.5 cm³/mol. The van der Waals surface area contributed by atoms with Gasteiger partial charge in [0.15, 0.2) is 0 Å². The molecule has 2 rings (SSSR count). The van der Waals surface area contributed by atoms with Crippen molar-refractivity contribution in [2.75, 3.05) is 0 Å². The van der Waals surface area contributed by atoms with Crippen molar-refractivity contribution >= 4 is 22.9 Å². The third kappa shape index (κ3) is 3.67. The van der Waals surface area contributed by atoms with Crippen LogP contribution in [0.1, 0.15) is 27.6 Å². The Bertz CT molecular complexity index is 524. The molecule has 0 aliphatic heterocycles. The third-order valence-corrected chi connectivity index (χ3v) is 4.59. The molecule has 0 saturated carbocycles. The summed E-state index contributed by atoms with van der Waals surface area (Å²) in [6, 6.07) is 10.5. The number of aryl methyl sites for hydroxylation is 1. The van der Waals surface area contributed by atoms with Crippen LogP contribution in [0.5, 0.6) is 5.75 Å². The lowest BCUT2D eigenvalue weighted by Crippen LogP contribution is -2.01. The number of hydrogen-bond donors (Lipinski definition) is 0. The zero-order valence-electron chi connectivity index (χ0n) is 10.3. The maximum atomic E-state index is 12.0. The summed E-state index contributed by atoms with van der Waals surface area (Å²) in [5.74, 6) is 0.142. The van der Waals surface area contributed by atoms with Gasteiger partial charge in [0, 0.05) is 9.75 Å². The van der Waals surface area contributed by atoms with Gasteiger partial charge in [-0.15, -0.1) is 22.9 Å². The number of halogens is 3. The van der Waals surface area contributed by atoms with Crippen LogP contribution in [-0.2, 0) is 6.42 Å². The molecule has 0 amide bonds. The summed E-state index contributed by atoms with van der Waals surface area (Å²) in [7, 11) is 0. The van der Waals surface area contributed by atoms with Gasteiger partial charge in [0.2, 0.25) is 0 Å². The molecule has 0 aliphatic carbocycles. The highest BCUT2D eigenvalue weighted by Gasteiger charge is 2.13. The number of benzene rings is 1. The minimum absolute atomic E-state index is 0.142. The average molecular weight is 303 g/mol. The van der Waals surface area contributed by atoms with E-state index in [0.29, 0.717) is 0 Å². The van der Waals surface area contributed by atoms with E-state index in [4.69, 9.17) is 11.6 Å². The van der Waals surface area contributed by atoms with E-state index in [9.17, 15) is 8.78 Å². The first-order valence-corrected chi connectivity index (χ1v) is 7.13. The second-order valence-electron chi connectivity index (χ2n) is 3.97. The smallest absolute Gasteiger partial charge is 0.387 e. The standard InChI is InChI=1S/C14H13ClF2OS/c1-2-11-7-8-12(19-11)13(15)9-3-5-10(6-4-9)18-14(16)17/h3-8,13-14H,2H2,1H3. The SMILES string of the molecule is CCc1ccc(C(Cl)c2ccc(OC(F)F)cc2)s1. The van der Waals surface area contributed by atoms with Crippen molar-refractivity contribution in [2.45, 2.75) is 25.3 Å². The van der Waals surface area contributed by atoms with Crippen LogP contribution in [-0.4, -0.2) is 6.61 Å². The van der Waals surface area contributed by atoms with Gasteiger partial charge in [-0.25, -0.2) is 0 Å². The largest absolute Gasteiger partial charge is 0.435 e. The molecule has 1 unspecified atom stereocenters. The van der Waals surface area contributed by atoms with Crippen molar-refractivity contribution in [1.29, 1.82) is 0 Å². The highest BCUT2D eigenvalue weighted by molar-refractivity contribution is 7.12. The minimum Gasteiger partial charge on any atom is -0.435 e. The molecule has 1 heterocycles. The quantitative estimate of drug-likeness (QED) is 0.686. The predicted octanol–water partition coefficient (Wildman–Crippen LogP) is 5.24. The number of ether oxygens (including phenoxy) is 1. The monoisotopic (exact) mass is 302 g/mol. The molecule has 0 aliphatic rings. The van der Waals surface area contributed by atoms with E-state index in [1.54, 1.807) is 23.5 Å². The lowest BCUT2D eigenvalue weighted by atomic mass is 10.1. The van der Waals surface area contributed by atoms with Gasteiger partial charge in [-0.1, -0.05) is 19.1 Å². The topological polar surface area (TPSA) is 9.23 Å². The molecule has 5 heteroatoms. The normalized spacial score (nSPS) is 12.7. The Balaban J connectivity index is 2.12. The van der Waals surface area contributed by atoms with Gasteiger partial charge in [-0.3, -0.25) is 0 Å². The van der Waals surface area contributed by atoms with E-state index in [2.05, 4.69) is 17.7 Å². The molecule has 1 atom stereocenters. The lowest BCUT2D eigenvalue weighted by Gasteiger charge is -2.09. The number of hydrogen-bond acceptors (Lipinski definition) is 2. The minimum atomic E-state index is -2.80. The van der Waals surface area contributed by atoms with E-state index < -0.39 is 6.61 Å². The molecule has 0 bridgehead atoms. The number of thiophene rings is 1. The van der Waals surface area contributed by atoms with E-state index in [0.717, 1.165) is 16.9 Å². The molecule has 0 saturated heterocycles. The van der Waals surface area contributed by atoms with Gasteiger partial charge in [0.1, 0.15) is 5.75 Å². The molecular formula is C14H13ClF2OS. The summed E-state index contributed by atoms with van der Waals surface area (Å²) in [5.41, 5.74) is 0.868. The van der Waals surface area contributed by atoms with Gasteiger partial charge in [0.25, 0.3) is 0 Å². The molecule has 1 aromatic heterocycles. The van der Waals surface area contributed by atoms with Crippen molar-refractivity contribution in [3.05, 3.63) is 51.7 Å². The Kier molecular flexibility index (Phi) is 4.77. The Morgan fingerprint density at radius 3 is 2.37 bits per heavy atom. The fraction of sp³-hybridized carbons (Fsp3) is 0.286. The highest BCUT2D eigenvalue weighted by atomic mass is 35.5. The van der Waals surface area contributed by atoms with Crippen LogP contribution in [0.15, 0.2) is 36.4 Å². The Hall–Kier alpha value is -1.13. The number of rotatable bonds is 5. The van der Waals surface area contributed by atoms with E-state index in [1.807, 2.05) is 6.07 Å². The number of alkyl halides is 3. The molecule has 0 fully saturated rings. The molecule has 1 nitrogen and oxygen atoms in total. The van der Waals surface area contributed by atoms with Crippen molar-refractivity contribution in [2.24, 2.45) is 0 Å². The first kappa shape index (κ1) is 14.3. The van der Waals surface area contributed by atoms with Gasteiger partial charge >= 0.3 is 6.61 Å². The van der Waals surface area contributed by atoms with Crippen LogP contribution >= 0.6 is 22.9 Å². The molecule has 0 N–H and O–H groups in total. The Labute approximate surface area is 119 Å². The van der Waals surface area contributed by atoms with Gasteiger partial charge in [-0.2, -0.15) is 8.78 Å². The summed E-state index contributed by atoms with van der Waals surface area (Å²) < 4.78 is 28.4. The summed E-state index contributed by atoms with van der Waals surface area (Å²) in [5, 5.41) is -0.258. The second-order valence-corrected chi connectivity index (χ2v) is 5.60. The fourth-order valence-electron chi connectivity index (χ4n) is 1.70. The van der Waals surface area contributed by atoms with Crippen LogP contribution in [0.4, 0.5) is 8.78 Å². The van der Waals surface area contributed by atoms with Crippen molar-refractivity contribution in [1.82, 2.24) is 0 Å². The average Bonchev–Trinajstić information content (AvgIpc) is 2.87. The second kappa shape index (κ2) is 6.35. The first-order valence-electron chi connectivity index (χ1n) is 5.87. The summed E-state index contributed by atoms with van der Waals surface area (Å²) in [6.07, 6.45) is 0.982. The maximum Gasteiger partial charge on any atom is 0.387 e. The summed E-state index contributed by atoms with van der Waals surface area (Å²) >= 11 is 8.05. The van der Waals surface area contributed by atoms with Crippen LogP contribution in [0.3, 0.4) is 0 Å². The summed E-state index contributed by atoms with van der Waals surface area (Å²) in [6.45, 7) is -0.711. The van der Waals surface area contributed by atoms with E-state index in [-0.39, 0.29) is 11.1 Å². The van der Waals surface area contributed by atoms with Crippen LogP contribution in [0.25, 0.3) is 0 Å². The zero-order valence-corrected chi connectivity index (χ0v) is 11.8. The molecule has 0 spiro atoms. The third-order valence-electron chi connectivity index (χ3n) is 2.68. The fourth-order valence-corrected chi connectivity index (χ4v) is 3.01. The van der Waals surface area contributed by atoms with Crippen LogP contribution in [0, 0.1) is 0 Å². The van der Waals surface area contributed by atoms with E-state index in [1.165, 1.54) is 17.0 Å². The van der Waals surface area contributed by atoms with E-state index >= 15 is 0 Å². The lowest BCUT2D eigenvalue weighted by molar-refractivity contribution is -0.0498. The van der Waals surface area contributed by atoms with Crippen molar-refractivity contribution in [3.63, 3.8) is 0 Å². The Morgan fingerprint density at radius 1 is 1.16 bits per heavy atom. The van der Waals surface area contributed by atoms with Gasteiger partial charge in [0.05, 0.1) is 5.38 Å². The molecule has 2 aromatic rings.